The standard InChI is InChI=1S/C23H16N4OS/c24-23-27-26-21(28-23)17-12-7-13-18(14-17)22-25-19(15-8-3-1-4-9-15)20(29-22)16-10-5-2-6-11-16/h1-14H,(H2,24,27). The Morgan fingerprint density at radius 3 is 2.03 bits per heavy atom. The van der Waals surface area contributed by atoms with Gasteiger partial charge >= 0.3 is 6.01 Å². The van der Waals surface area contributed by atoms with Crippen molar-refractivity contribution in [3.05, 3.63) is 84.9 Å². The molecule has 0 saturated heterocycles. The van der Waals surface area contributed by atoms with Crippen LogP contribution in [0, 0.1) is 0 Å². The summed E-state index contributed by atoms with van der Waals surface area (Å²) in [4.78, 5) is 6.13. The predicted molar refractivity (Wildman–Crippen MR) is 116 cm³/mol. The number of nitrogen functional groups attached to an aromatic ring is 1. The molecule has 6 heteroatoms. The summed E-state index contributed by atoms with van der Waals surface area (Å²) in [6.45, 7) is 0. The maximum Gasteiger partial charge on any atom is 0.313 e. The van der Waals surface area contributed by atoms with Gasteiger partial charge in [0.15, 0.2) is 0 Å². The van der Waals surface area contributed by atoms with Crippen LogP contribution in [-0.2, 0) is 0 Å². The zero-order chi connectivity index (χ0) is 19.6. The highest BCUT2D eigenvalue weighted by molar-refractivity contribution is 7.19. The maximum absolute atomic E-state index is 5.57. The number of nitrogens with zero attached hydrogens (tertiary/aromatic N) is 3. The van der Waals surface area contributed by atoms with Gasteiger partial charge in [0.1, 0.15) is 5.01 Å². The molecular formula is C23H16N4OS. The van der Waals surface area contributed by atoms with Crippen molar-refractivity contribution in [1.29, 1.82) is 0 Å². The Morgan fingerprint density at radius 1 is 0.690 bits per heavy atom. The summed E-state index contributed by atoms with van der Waals surface area (Å²) in [5, 5.41) is 8.65. The van der Waals surface area contributed by atoms with Crippen LogP contribution >= 0.6 is 11.3 Å². The number of anilines is 1. The second-order valence-electron chi connectivity index (χ2n) is 6.46. The third-order valence-corrected chi connectivity index (χ3v) is 5.66. The van der Waals surface area contributed by atoms with Crippen molar-refractivity contribution in [2.24, 2.45) is 0 Å². The van der Waals surface area contributed by atoms with Gasteiger partial charge in [-0.1, -0.05) is 77.9 Å². The van der Waals surface area contributed by atoms with Gasteiger partial charge in [-0.3, -0.25) is 0 Å². The van der Waals surface area contributed by atoms with Crippen molar-refractivity contribution in [3.63, 3.8) is 0 Å². The number of aromatic nitrogens is 3. The lowest BCUT2D eigenvalue weighted by atomic mass is 10.1. The third kappa shape index (κ3) is 3.41. The molecule has 29 heavy (non-hydrogen) atoms. The fraction of sp³-hybridized carbons (Fsp3) is 0. The van der Waals surface area contributed by atoms with Gasteiger partial charge in [-0.25, -0.2) is 4.98 Å². The number of rotatable bonds is 4. The summed E-state index contributed by atoms with van der Waals surface area (Å²) in [6, 6.07) is 28.5. The highest BCUT2D eigenvalue weighted by Gasteiger charge is 2.17. The van der Waals surface area contributed by atoms with Gasteiger partial charge in [-0.15, -0.1) is 16.4 Å². The summed E-state index contributed by atoms with van der Waals surface area (Å²) in [5.41, 5.74) is 10.6. The van der Waals surface area contributed by atoms with E-state index < -0.39 is 0 Å². The van der Waals surface area contributed by atoms with Crippen molar-refractivity contribution in [2.45, 2.75) is 0 Å². The van der Waals surface area contributed by atoms with E-state index in [1.807, 2.05) is 60.7 Å². The molecule has 5 aromatic rings. The average Bonchev–Trinajstić information content (AvgIpc) is 3.42. The monoisotopic (exact) mass is 396 g/mol. The van der Waals surface area contributed by atoms with Gasteiger partial charge in [0.25, 0.3) is 0 Å². The molecule has 0 fully saturated rings. The quantitative estimate of drug-likeness (QED) is 0.417. The van der Waals surface area contributed by atoms with Crippen molar-refractivity contribution < 1.29 is 4.42 Å². The molecule has 0 spiro atoms. The van der Waals surface area contributed by atoms with E-state index in [1.54, 1.807) is 11.3 Å². The molecule has 3 aromatic carbocycles. The number of benzene rings is 3. The molecule has 5 nitrogen and oxygen atoms in total. The van der Waals surface area contributed by atoms with E-state index in [-0.39, 0.29) is 6.01 Å². The van der Waals surface area contributed by atoms with E-state index in [1.165, 1.54) is 0 Å². The zero-order valence-electron chi connectivity index (χ0n) is 15.3. The molecule has 0 aliphatic heterocycles. The van der Waals surface area contributed by atoms with Crippen LogP contribution in [0.5, 0.6) is 0 Å². The maximum atomic E-state index is 5.57. The Morgan fingerprint density at radius 2 is 1.34 bits per heavy atom. The molecule has 5 rings (SSSR count). The number of hydrogen-bond acceptors (Lipinski definition) is 6. The van der Waals surface area contributed by atoms with Gasteiger partial charge in [-0.2, -0.15) is 0 Å². The molecule has 0 aliphatic carbocycles. The third-order valence-electron chi connectivity index (χ3n) is 4.51. The van der Waals surface area contributed by atoms with Crippen molar-refractivity contribution in [1.82, 2.24) is 15.2 Å². The topological polar surface area (TPSA) is 77.8 Å². The molecule has 0 amide bonds. The number of thiazole rings is 1. The van der Waals surface area contributed by atoms with Crippen LogP contribution in [0.1, 0.15) is 0 Å². The molecular weight excluding hydrogens is 380 g/mol. The predicted octanol–water partition coefficient (Wildman–Crippen LogP) is 5.78. The first-order valence-electron chi connectivity index (χ1n) is 9.09. The summed E-state index contributed by atoms with van der Waals surface area (Å²) in [7, 11) is 0. The Hall–Kier alpha value is -3.77. The van der Waals surface area contributed by atoms with E-state index in [0.717, 1.165) is 37.8 Å². The molecule has 0 saturated carbocycles. The summed E-state index contributed by atoms with van der Waals surface area (Å²) < 4.78 is 5.37. The van der Waals surface area contributed by atoms with Gasteiger partial charge < -0.3 is 10.2 Å². The van der Waals surface area contributed by atoms with Crippen molar-refractivity contribution >= 4 is 17.4 Å². The minimum atomic E-state index is 0.0531. The first kappa shape index (κ1) is 17.3. The molecule has 0 atom stereocenters. The second kappa shape index (κ2) is 7.33. The lowest BCUT2D eigenvalue weighted by Gasteiger charge is -2.02. The van der Waals surface area contributed by atoms with Crippen molar-refractivity contribution in [3.8, 4) is 43.7 Å². The van der Waals surface area contributed by atoms with E-state index in [2.05, 4.69) is 34.5 Å². The molecule has 2 N–H and O–H groups in total. The summed E-state index contributed by atoms with van der Waals surface area (Å²) in [6.07, 6.45) is 0. The average molecular weight is 396 g/mol. The Balaban J connectivity index is 1.64. The van der Waals surface area contributed by atoms with Gasteiger partial charge in [0, 0.05) is 16.7 Å². The SMILES string of the molecule is Nc1nnc(-c2cccc(-c3nc(-c4ccccc4)c(-c4ccccc4)s3)c2)o1. The highest BCUT2D eigenvalue weighted by Crippen LogP contribution is 2.41. The minimum Gasteiger partial charge on any atom is -0.404 e. The fourth-order valence-corrected chi connectivity index (χ4v) is 4.25. The normalized spacial score (nSPS) is 10.9. The molecule has 2 aromatic heterocycles. The minimum absolute atomic E-state index is 0.0531. The van der Waals surface area contributed by atoms with Crippen LogP contribution in [0.15, 0.2) is 89.3 Å². The Kier molecular flexibility index (Phi) is 4.38. The van der Waals surface area contributed by atoms with E-state index in [9.17, 15) is 0 Å². The number of nitrogens with two attached hydrogens (primary N) is 1. The number of hydrogen-bond donors (Lipinski definition) is 1. The van der Waals surface area contributed by atoms with E-state index in [0.29, 0.717) is 5.89 Å². The van der Waals surface area contributed by atoms with Crippen LogP contribution in [0.2, 0.25) is 0 Å². The van der Waals surface area contributed by atoms with Crippen LogP contribution in [0.3, 0.4) is 0 Å². The lowest BCUT2D eigenvalue weighted by molar-refractivity contribution is 0.590. The Labute approximate surface area is 171 Å². The lowest BCUT2D eigenvalue weighted by Crippen LogP contribution is -1.83. The molecule has 0 unspecified atom stereocenters. The largest absolute Gasteiger partial charge is 0.404 e. The summed E-state index contributed by atoms with van der Waals surface area (Å²) in [5.74, 6) is 0.396. The second-order valence-corrected chi connectivity index (χ2v) is 7.45. The van der Waals surface area contributed by atoms with Crippen molar-refractivity contribution in [2.75, 3.05) is 5.73 Å². The van der Waals surface area contributed by atoms with Crippen LogP contribution in [0.4, 0.5) is 6.01 Å². The molecule has 140 valence electrons. The van der Waals surface area contributed by atoms with Gasteiger partial charge in [0.05, 0.1) is 10.6 Å². The first-order valence-corrected chi connectivity index (χ1v) is 9.91. The van der Waals surface area contributed by atoms with Gasteiger partial charge in [-0.05, 0) is 17.7 Å². The van der Waals surface area contributed by atoms with Crippen LogP contribution in [-0.4, -0.2) is 15.2 Å². The Bertz CT molecular complexity index is 1210. The molecule has 0 radical (unpaired) electrons. The molecule has 0 bridgehead atoms. The van der Waals surface area contributed by atoms with Crippen LogP contribution < -0.4 is 5.73 Å². The molecule has 2 heterocycles. The highest BCUT2D eigenvalue weighted by atomic mass is 32.1. The van der Waals surface area contributed by atoms with Crippen LogP contribution in [0.25, 0.3) is 43.7 Å². The smallest absolute Gasteiger partial charge is 0.313 e. The fourth-order valence-electron chi connectivity index (χ4n) is 3.16. The zero-order valence-corrected chi connectivity index (χ0v) is 16.1. The molecule has 0 aliphatic rings. The summed E-state index contributed by atoms with van der Waals surface area (Å²) >= 11 is 1.67. The first-order chi connectivity index (χ1) is 14.3. The van der Waals surface area contributed by atoms with E-state index >= 15 is 0 Å². The van der Waals surface area contributed by atoms with E-state index in [4.69, 9.17) is 15.1 Å². The van der Waals surface area contributed by atoms with Gasteiger partial charge in [0.2, 0.25) is 5.89 Å².